The Labute approximate surface area is 106 Å². The van der Waals surface area contributed by atoms with E-state index in [1.54, 1.807) is 11.0 Å². The van der Waals surface area contributed by atoms with Crippen LogP contribution in [0.2, 0.25) is 0 Å². The minimum absolute atomic E-state index is 0.125. The van der Waals surface area contributed by atoms with Crippen molar-refractivity contribution in [1.29, 1.82) is 0 Å². The molecule has 0 bridgehead atoms. The van der Waals surface area contributed by atoms with Crippen LogP contribution in [0.3, 0.4) is 0 Å². The van der Waals surface area contributed by atoms with Gasteiger partial charge in [-0.15, -0.1) is 0 Å². The summed E-state index contributed by atoms with van der Waals surface area (Å²) in [5.74, 6) is 0.524. The van der Waals surface area contributed by atoms with Crippen molar-refractivity contribution in [2.45, 2.75) is 19.3 Å². The van der Waals surface area contributed by atoms with Crippen LogP contribution in [0.5, 0.6) is 0 Å². The van der Waals surface area contributed by atoms with Crippen molar-refractivity contribution in [2.24, 2.45) is 5.92 Å². The molecule has 1 aromatic rings. The molecule has 2 aliphatic rings. The van der Waals surface area contributed by atoms with Crippen molar-refractivity contribution in [3.05, 3.63) is 29.6 Å². The van der Waals surface area contributed by atoms with E-state index in [0.717, 1.165) is 37.2 Å². The van der Waals surface area contributed by atoms with Crippen molar-refractivity contribution in [3.63, 3.8) is 0 Å². The van der Waals surface area contributed by atoms with Gasteiger partial charge in [0.2, 0.25) is 5.91 Å². The summed E-state index contributed by atoms with van der Waals surface area (Å²) in [6.07, 6.45) is 2.27. The molecule has 1 saturated heterocycles. The minimum Gasteiger partial charge on any atom is -0.316 e. The zero-order valence-corrected chi connectivity index (χ0v) is 10.3. The first-order chi connectivity index (χ1) is 8.74. The summed E-state index contributed by atoms with van der Waals surface area (Å²) < 4.78 is 13.3. The molecule has 0 aliphatic carbocycles. The van der Waals surface area contributed by atoms with Gasteiger partial charge in [0.25, 0.3) is 0 Å². The van der Waals surface area contributed by atoms with E-state index in [-0.39, 0.29) is 11.7 Å². The number of carbonyl (C=O) groups excluding carboxylic acids is 1. The maximum absolute atomic E-state index is 13.3. The lowest BCUT2D eigenvalue weighted by molar-refractivity contribution is -0.118. The van der Waals surface area contributed by atoms with Crippen LogP contribution >= 0.6 is 0 Å². The first kappa shape index (κ1) is 11.7. The fraction of sp³-hybridized carbons (Fsp3) is 0.500. The normalized spacial score (nSPS) is 19.6. The second-order valence-electron chi connectivity index (χ2n) is 5.13. The summed E-state index contributed by atoms with van der Waals surface area (Å²) in [6.45, 7) is 2.79. The van der Waals surface area contributed by atoms with E-state index >= 15 is 0 Å². The summed E-state index contributed by atoms with van der Waals surface area (Å²) in [4.78, 5) is 13.7. The van der Waals surface area contributed by atoms with Crippen LogP contribution in [0.15, 0.2) is 18.2 Å². The third-order valence-electron chi connectivity index (χ3n) is 3.87. The molecular weight excluding hydrogens is 231 g/mol. The zero-order valence-electron chi connectivity index (χ0n) is 10.3. The van der Waals surface area contributed by atoms with Gasteiger partial charge in [0.1, 0.15) is 5.82 Å². The SMILES string of the molecule is O=C1CCc2ccc(F)cc2N1CCC1CNC1. The van der Waals surface area contributed by atoms with Crippen LogP contribution in [0.4, 0.5) is 10.1 Å². The molecule has 18 heavy (non-hydrogen) atoms. The average Bonchev–Trinajstić information content (AvgIpc) is 2.30. The molecule has 0 aromatic heterocycles. The molecular formula is C14H17FN2O. The second-order valence-corrected chi connectivity index (χ2v) is 5.13. The van der Waals surface area contributed by atoms with Gasteiger partial charge in [-0.1, -0.05) is 6.07 Å². The lowest BCUT2D eigenvalue weighted by atomic mass is 9.96. The molecule has 0 radical (unpaired) electrons. The summed E-state index contributed by atoms with van der Waals surface area (Å²) >= 11 is 0. The third-order valence-corrected chi connectivity index (χ3v) is 3.87. The molecule has 96 valence electrons. The number of amides is 1. The summed E-state index contributed by atoms with van der Waals surface area (Å²) in [7, 11) is 0. The smallest absolute Gasteiger partial charge is 0.227 e. The highest BCUT2D eigenvalue weighted by Crippen LogP contribution is 2.29. The molecule has 0 atom stereocenters. The number of anilines is 1. The molecule has 1 fully saturated rings. The maximum Gasteiger partial charge on any atom is 0.227 e. The van der Waals surface area contributed by atoms with E-state index < -0.39 is 0 Å². The van der Waals surface area contributed by atoms with E-state index in [0.29, 0.717) is 18.9 Å². The fourth-order valence-corrected chi connectivity index (χ4v) is 2.62. The Kier molecular flexibility index (Phi) is 3.04. The number of nitrogens with zero attached hydrogens (tertiary/aromatic N) is 1. The minimum atomic E-state index is -0.265. The number of rotatable bonds is 3. The molecule has 0 spiro atoms. The van der Waals surface area contributed by atoms with E-state index in [2.05, 4.69) is 5.32 Å². The lowest BCUT2D eigenvalue weighted by Crippen LogP contribution is -2.45. The van der Waals surface area contributed by atoms with Gasteiger partial charge in [-0.2, -0.15) is 0 Å². The quantitative estimate of drug-likeness (QED) is 0.883. The Balaban J connectivity index is 1.79. The number of hydrogen-bond donors (Lipinski definition) is 1. The monoisotopic (exact) mass is 248 g/mol. The number of hydrogen-bond acceptors (Lipinski definition) is 2. The predicted octanol–water partition coefficient (Wildman–Crippen LogP) is 1.71. The van der Waals surface area contributed by atoms with E-state index in [4.69, 9.17) is 0 Å². The summed E-state index contributed by atoms with van der Waals surface area (Å²) in [5.41, 5.74) is 1.86. The largest absolute Gasteiger partial charge is 0.316 e. The molecule has 2 heterocycles. The molecule has 0 unspecified atom stereocenters. The van der Waals surface area contributed by atoms with Crippen LogP contribution in [0.25, 0.3) is 0 Å². The molecule has 4 heteroatoms. The fourth-order valence-electron chi connectivity index (χ4n) is 2.62. The third kappa shape index (κ3) is 2.12. The van der Waals surface area contributed by atoms with Gasteiger partial charge in [0, 0.05) is 18.7 Å². The molecule has 1 N–H and O–H groups in total. The molecule has 1 aromatic carbocycles. The van der Waals surface area contributed by atoms with Crippen molar-refractivity contribution >= 4 is 11.6 Å². The van der Waals surface area contributed by atoms with Crippen LogP contribution in [0.1, 0.15) is 18.4 Å². The number of fused-ring (bicyclic) bond motifs is 1. The topological polar surface area (TPSA) is 32.3 Å². The van der Waals surface area contributed by atoms with Crippen LogP contribution in [-0.2, 0) is 11.2 Å². The Hall–Kier alpha value is -1.42. The first-order valence-electron chi connectivity index (χ1n) is 6.53. The van der Waals surface area contributed by atoms with Crippen molar-refractivity contribution in [1.82, 2.24) is 5.32 Å². The van der Waals surface area contributed by atoms with Crippen molar-refractivity contribution in [3.8, 4) is 0 Å². The predicted molar refractivity (Wildman–Crippen MR) is 68.1 cm³/mol. The van der Waals surface area contributed by atoms with Gasteiger partial charge in [-0.3, -0.25) is 4.79 Å². The molecule has 0 saturated carbocycles. The molecule has 3 nitrogen and oxygen atoms in total. The van der Waals surface area contributed by atoms with Gasteiger partial charge in [-0.05, 0) is 49.5 Å². The molecule has 3 rings (SSSR count). The van der Waals surface area contributed by atoms with E-state index in [9.17, 15) is 9.18 Å². The Morgan fingerprint density at radius 1 is 1.33 bits per heavy atom. The highest BCUT2D eigenvalue weighted by Gasteiger charge is 2.26. The van der Waals surface area contributed by atoms with Gasteiger partial charge >= 0.3 is 0 Å². The van der Waals surface area contributed by atoms with Gasteiger partial charge in [0.15, 0.2) is 0 Å². The van der Waals surface area contributed by atoms with Crippen molar-refractivity contribution in [2.75, 3.05) is 24.5 Å². The number of nitrogens with one attached hydrogen (secondary N) is 1. The molecule has 2 aliphatic heterocycles. The highest BCUT2D eigenvalue weighted by molar-refractivity contribution is 5.96. The van der Waals surface area contributed by atoms with Crippen LogP contribution in [-0.4, -0.2) is 25.5 Å². The van der Waals surface area contributed by atoms with Crippen LogP contribution < -0.4 is 10.2 Å². The average molecular weight is 248 g/mol. The maximum atomic E-state index is 13.3. The van der Waals surface area contributed by atoms with E-state index in [1.165, 1.54) is 12.1 Å². The summed E-state index contributed by atoms with van der Waals surface area (Å²) in [5, 5.41) is 3.22. The Morgan fingerprint density at radius 3 is 2.89 bits per heavy atom. The number of aryl methyl sites for hydroxylation is 1. The number of benzene rings is 1. The van der Waals surface area contributed by atoms with Gasteiger partial charge in [0.05, 0.1) is 0 Å². The van der Waals surface area contributed by atoms with E-state index in [1.807, 2.05) is 0 Å². The standard InChI is InChI=1S/C14H17FN2O/c15-12-3-1-11-2-4-14(18)17(13(11)7-12)6-5-10-8-16-9-10/h1,3,7,10,16H,2,4-6,8-9H2. The van der Waals surface area contributed by atoms with Crippen molar-refractivity contribution < 1.29 is 9.18 Å². The number of halogens is 1. The zero-order chi connectivity index (χ0) is 12.5. The Bertz CT molecular complexity index is 471. The molecule has 1 amide bonds. The lowest BCUT2D eigenvalue weighted by Gasteiger charge is -2.33. The first-order valence-corrected chi connectivity index (χ1v) is 6.53. The van der Waals surface area contributed by atoms with Gasteiger partial charge < -0.3 is 10.2 Å². The van der Waals surface area contributed by atoms with Crippen LogP contribution in [0, 0.1) is 11.7 Å². The Morgan fingerprint density at radius 2 is 2.17 bits per heavy atom. The summed E-state index contributed by atoms with van der Waals surface area (Å²) in [6, 6.07) is 4.77. The second kappa shape index (κ2) is 4.69. The van der Waals surface area contributed by atoms with Gasteiger partial charge in [-0.25, -0.2) is 4.39 Å². The number of carbonyl (C=O) groups is 1. The highest BCUT2D eigenvalue weighted by atomic mass is 19.1.